The first kappa shape index (κ1) is 21.3. The summed E-state index contributed by atoms with van der Waals surface area (Å²) >= 11 is 1.55. The summed E-state index contributed by atoms with van der Waals surface area (Å²) < 4.78 is 40.5. The maximum Gasteiger partial charge on any atom is 0.416 e. The SMILES string of the molecule is O=C(NC1CC1)[C@@H]1C[C@@H](Sc2nc3ccccc3[nH]2)CN1Cc1ccccc1C(F)(F)F. The molecule has 2 aromatic carbocycles. The molecule has 5 rings (SSSR count). The molecule has 5 nitrogen and oxygen atoms in total. The molecule has 0 radical (unpaired) electrons. The standard InChI is InChI=1S/C23H23F3N4OS/c24-23(25,26)17-6-2-1-5-14(17)12-30-13-16(11-20(30)21(31)27-15-9-10-15)32-22-28-18-7-3-4-8-19(18)29-22/h1-8,15-16,20H,9-13H2,(H,27,31)(H,28,29)/t16-,20+/m1/s1. The third kappa shape index (κ3) is 4.63. The number of imidazole rings is 1. The summed E-state index contributed by atoms with van der Waals surface area (Å²) in [5, 5.41) is 3.83. The summed E-state index contributed by atoms with van der Waals surface area (Å²) in [5.41, 5.74) is 1.35. The first-order valence-electron chi connectivity index (χ1n) is 10.7. The monoisotopic (exact) mass is 460 g/mol. The molecular weight excluding hydrogens is 437 g/mol. The predicted molar refractivity (Wildman–Crippen MR) is 117 cm³/mol. The van der Waals surface area contributed by atoms with Crippen LogP contribution in [0.2, 0.25) is 0 Å². The van der Waals surface area contributed by atoms with E-state index in [1.165, 1.54) is 12.1 Å². The summed E-state index contributed by atoms with van der Waals surface area (Å²) in [5.74, 6) is -0.0929. The van der Waals surface area contributed by atoms with Gasteiger partial charge in [-0.1, -0.05) is 42.1 Å². The second-order valence-electron chi connectivity index (χ2n) is 8.42. The second kappa shape index (κ2) is 8.44. The Balaban J connectivity index is 1.36. The van der Waals surface area contributed by atoms with Gasteiger partial charge in [-0.25, -0.2) is 4.98 Å². The number of fused-ring (bicyclic) bond motifs is 1. The quantitative estimate of drug-likeness (QED) is 0.565. The molecule has 1 amide bonds. The fourth-order valence-corrected chi connectivity index (χ4v) is 5.40. The van der Waals surface area contributed by atoms with Crippen LogP contribution in [0, 0.1) is 0 Å². The minimum absolute atomic E-state index is 0.0450. The van der Waals surface area contributed by atoms with Crippen molar-refractivity contribution in [3.8, 4) is 0 Å². The highest BCUT2D eigenvalue weighted by molar-refractivity contribution is 7.99. The molecule has 1 saturated heterocycles. The minimum atomic E-state index is -4.43. The maximum absolute atomic E-state index is 13.5. The predicted octanol–water partition coefficient (Wildman–Crippen LogP) is 4.60. The Morgan fingerprint density at radius 3 is 2.66 bits per heavy atom. The topological polar surface area (TPSA) is 61.0 Å². The Morgan fingerprint density at radius 2 is 1.91 bits per heavy atom. The number of rotatable bonds is 6. The third-order valence-corrected chi connectivity index (χ3v) is 7.03. The molecule has 0 bridgehead atoms. The lowest BCUT2D eigenvalue weighted by molar-refractivity contribution is -0.138. The van der Waals surface area contributed by atoms with E-state index in [0.717, 1.165) is 35.1 Å². The van der Waals surface area contributed by atoms with Crippen molar-refractivity contribution in [1.82, 2.24) is 20.2 Å². The van der Waals surface area contributed by atoms with Crippen molar-refractivity contribution in [2.24, 2.45) is 0 Å². The van der Waals surface area contributed by atoms with Crippen LogP contribution in [0.4, 0.5) is 13.2 Å². The number of halogens is 3. The zero-order valence-corrected chi connectivity index (χ0v) is 18.0. The number of carbonyl (C=O) groups excluding carboxylic acids is 1. The van der Waals surface area contributed by atoms with Crippen LogP contribution >= 0.6 is 11.8 Å². The molecule has 3 aromatic rings. The van der Waals surface area contributed by atoms with Gasteiger partial charge >= 0.3 is 6.18 Å². The first-order valence-corrected chi connectivity index (χ1v) is 11.6. The first-order chi connectivity index (χ1) is 15.4. The van der Waals surface area contributed by atoms with Crippen molar-refractivity contribution >= 4 is 28.7 Å². The van der Waals surface area contributed by atoms with E-state index in [-0.39, 0.29) is 29.3 Å². The van der Waals surface area contributed by atoms with Crippen molar-refractivity contribution in [2.75, 3.05) is 6.54 Å². The van der Waals surface area contributed by atoms with Gasteiger partial charge in [-0.15, -0.1) is 0 Å². The van der Waals surface area contributed by atoms with Gasteiger partial charge < -0.3 is 10.3 Å². The molecule has 1 aromatic heterocycles. The molecule has 9 heteroatoms. The number of aromatic nitrogens is 2. The number of alkyl halides is 3. The average molecular weight is 461 g/mol. The van der Waals surface area contributed by atoms with Crippen LogP contribution in [-0.4, -0.2) is 44.7 Å². The van der Waals surface area contributed by atoms with Crippen LogP contribution in [0.25, 0.3) is 11.0 Å². The summed E-state index contributed by atoms with van der Waals surface area (Å²) in [4.78, 5) is 22.7. The second-order valence-corrected chi connectivity index (χ2v) is 9.71. The molecule has 2 fully saturated rings. The Morgan fingerprint density at radius 1 is 1.16 bits per heavy atom. The van der Waals surface area contributed by atoms with Crippen molar-refractivity contribution in [3.63, 3.8) is 0 Å². The zero-order chi connectivity index (χ0) is 22.3. The van der Waals surface area contributed by atoms with Crippen LogP contribution < -0.4 is 5.32 Å². The van der Waals surface area contributed by atoms with Gasteiger partial charge in [0.1, 0.15) is 0 Å². The molecule has 1 aliphatic carbocycles. The van der Waals surface area contributed by atoms with Crippen molar-refractivity contribution in [3.05, 3.63) is 59.7 Å². The Labute approximate surface area is 187 Å². The number of thioether (sulfide) groups is 1. The van der Waals surface area contributed by atoms with E-state index < -0.39 is 17.8 Å². The van der Waals surface area contributed by atoms with Gasteiger partial charge in [0.15, 0.2) is 5.16 Å². The Bertz CT molecular complexity index is 1090. The molecule has 168 valence electrons. The van der Waals surface area contributed by atoms with Gasteiger partial charge in [-0.3, -0.25) is 9.69 Å². The van der Waals surface area contributed by atoms with Gasteiger partial charge in [0.05, 0.1) is 22.6 Å². The van der Waals surface area contributed by atoms with Crippen LogP contribution in [0.1, 0.15) is 30.4 Å². The van der Waals surface area contributed by atoms with Crippen molar-refractivity contribution in [2.45, 2.75) is 54.5 Å². The van der Waals surface area contributed by atoms with E-state index in [2.05, 4.69) is 15.3 Å². The highest BCUT2D eigenvalue weighted by atomic mass is 32.2. The lowest BCUT2D eigenvalue weighted by atomic mass is 10.1. The van der Waals surface area contributed by atoms with Gasteiger partial charge in [0.2, 0.25) is 5.91 Å². The number of benzene rings is 2. The van der Waals surface area contributed by atoms with Crippen LogP contribution in [0.3, 0.4) is 0 Å². The number of nitrogens with one attached hydrogen (secondary N) is 2. The molecule has 32 heavy (non-hydrogen) atoms. The molecule has 1 saturated carbocycles. The lowest BCUT2D eigenvalue weighted by Crippen LogP contribution is -2.43. The molecule has 0 spiro atoms. The fourth-order valence-electron chi connectivity index (χ4n) is 4.22. The highest BCUT2D eigenvalue weighted by Crippen LogP contribution is 2.36. The number of aromatic amines is 1. The Kier molecular flexibility index (Phi) is 5.63. The summed E-state index contributed by atoms with van der Waals surface area (Å²) in [6, 6.07) is 13.1. The number of carbonyl (C=O) groups is 1. The van der Waals surface area contributed by atoms with Crippen LogP contribution in [0.15, 0.2) is 53.7 Å². The maximum atomic E-state index is 13.5. The molecule has 2 aliphatic rings. The summed E-state index contributed by atoms with van der Waals surface area (Å²) in [6.07, 6.45) is -1.93. The van der Waals surface area contributed by atoms with E-state index in [4.69, 9.17) is 0 Å². The molecule has 2 heterocycles. The lowest BCUT2D eigenvalue weighted by Gasteiger charge is -2.25. The number of hydrogen-bond acceptors (Lipinski definition) is 4. The molecule has 2 atom stereocenters. The highest BCUT2D eigenvalue weighted by Gasteiger charge is 2.41. The number of likely N-dealkylation sites (tertiary alicyclic amines) is 1. The van der Waals surface area contributed by atoms with Crippen molar-refractivity contribution in [1.29, 1.82) is 0 Å². The largest absolute Gasteiger partial charge is 0.416 e. The summed E-state index contributed by atoms with van der Waals surface area (Å²) in [6.45, 7) is 0.590. The minimum Gasteiger partial charge on any atom is -0.352 e. The molecular formula is C23H23F3N4OS. The van der Waals surface area contributed by atoms with E-state index in [9.17, 15) is 18.0 Å². The van der Waals surface area contributed by atoms with Gasteiger partial charge in [0.25, 0.3) is 0 Å². The van der Waals surface area contributed by atoms with E-state index >= 15 is 0 Å². The van der Waals surface area contributed by atoms with Gasteiger partial charge in [-0.2, -0.15) is 13.2 Å². The molecule has 2 N–H and O–H groups in total. The zero-order valence-electron chi connectivity index (χ0n) is 17.2. The average Bonchev–Trinajstić information content (AvgIpc) is 3.33. The number of H-pyrrole nitrogens is 1. The number of hydrogen-bond donors (Lipinski definition) is 2. The van der Waals surface area contributed by atoms with Crippen LogP contribution in [0.5, 0.6) is 0 Å². The normalized spacial score (nSPS) is 21.8. The van der Waals surface area contributed by atoms with E-state index in [1.807, 2.05) is 29.2 Å². The smallest absolute Gasteiger partial charge is 0.352 e. The molecule has 0 unspecified atom stereocenters. The number of para-hydroxylation sites is 2. The van der Waals surface area contributed by atoms with E-state index in [1.54, 1.807) is 17.8 Å². The summed E-state index contributed by atoms with van der Waals surface area (Å²) in [7, 11) is 0. The number of nitrogens with zero attached hydrogens (tertiary/aromatic N) is 2. The number of amides is 1. The van der Waals surface area contributed by atoms with Crippen molar-refractivity contribution < 1.29 is 18.0 Å². The Hall–Kier alpha value is -2.52. The fraction of sp³-hybridized carbons (Fsp3) is 0.391. The van der Waals surface area contributed by atoms with E-state index in [0.29, 0.717) is 13.0 Å². The van der Waals surface area contributed by atoms with Gasteiger partial charge in [-0.05, 0) is 43.0 Å². The van der Waals surface area contributed by atoms with Gasteiger partial charge in [0, 0.05) is 24.4 Å². The van der Waals surface area contributed by atoms with Crippen LogP contribution in [-0.2, 0) is 17.5 Å². The third-order valence-electron chi connectivity index (χ3n) is 5.93. The molecule has 1 aliphatic heterocycles.